The molecule has 1 aromatic heterocycles. The van der Waals surface area contributed by atoms with Gasteiger partial charge in [0.15, 0.2) is 0 Å². The van der Waals surface area contributed by atoms with E-state index in [0.29, 0.717) is 23.8 Å². The quantitative estimate of drug-likeness (QED) is 0.523. The molecule has 166 valence electrons. The lowest BCUT2D eigenvalue weighted by Gasteiger charge is -2.33. The average Bonchev–Trinajstić information content (AvgIpc) is 3.27. The van der Waals surface area contributed by atoms with Crippen molar-refractivity contribution >= 4 is 44.9 Å². The Kier molecular flexibility index (Phi) is 7.05. The molecule has 1 amide bonds. The minimum Gasteiger partial charge on any atom is -0.340 e. The van der Waals surface area contributed by atoms with Gasteiger partial charge in [-0.1, -0.05) is 60.1 Å². The fourth-order valence-corrected chi connectivity index (χ4v) is 5.73. The van der Waals surface area contributed by atoms with Crippen molar-refractivity contribution < 1.29 is 13.2 Å². The zero-order valence-corrected chi connectivity index (χ0v) is 19.6. The summed E-state index contributed by atoms with van der Waals surface area (Å²) in [4.78, 5) is 19.0. The molecule has 0 spiro atoms. The molecule has 2 heterocycles. The zero-order valence-electron chi connectivity index (χ0n) is 17.2. The molecule has 4 rings (SSSR count). The molecule has 1 aliphatic rings. The van der Waals surface area contributed by atoms with Crippen molar-refractivity contribution in [2.45, 2.75) is 6.42 Å². The van der Waals surface area contributed by atoms with Gasteiger partial charge in [0.25, 0.3) is 0 Å². The normalized spacial score (nSPS) is 15.3. The Bertz CT molecular complexity index is 1220. The molecular weight excluding hydrogens is 466 g/mol. The molecule has 3 aromatic rings. The number of carbonyl (C=O) groups excluding carboxylic acids is 1. The van der Waals surface area contributed by atoms with E-state index in [-0.39, 0.29) is 25.4 Å². The Morgan fingerprint density at radius 2 is 1.72 bits per heavy atom. The summed E-state index contributed by atoms with van der Waals surface area (Å²) in [5.74, 6) is -0.0575. The SMILES string of the molecule is O=C(Cc1csc(-c2ccccc2Cl)n1)N1CCN(S(=O)(=O)/C=C/c2ccccc2)CC1. The van der Waals surface area contributed by atoms with E-state index in [9.17, 15) is 13.2 Å². The first-order valence-corrected chi connectivity index (χ1v) is 12.9. The van der Waals surface area contributed by atoms with Crippen molar-refractivity contribution in [1.29, 1.82) is 0 Å². The summed E-state index contributed by atoms with van der Waals surface area (Å²) in [5.41, 5.74) is 2.36. The standard InChI is InChI=1S/C23H22ClN3O3S2/c24-21-9-5-4-8-20(21)23-25-19(17-31-23)16-22(28)26-11-13-27(14-12-26)32(29,30)15-10-18-6-2-1-3-7-18/h1-10,15,17H,11-14,16H2/b15-10+. The van der Waals surface area contributed by atoms with Gasteiger partial charge < -0.3 is 4.90 Å². The molecule has 1 saturated heterocycles. The summed E-state index contributed by atoms with van der Waals surface area (Å²) >= 11 is 7.69. The van der Waals surface area contributed by atoms with Gasteiger partial charge in [-0.2, -0.15) is 4.31 Å². The summed E-state index contributed by atoms with van der Waals surface area (Å²) in [5, 5.41) is 4.50. The van der Waals surface area contributed by atoms with Crippen LogP contribution >= 0.6 is 22.9 Å². The number of piperazine rings is 1. The van der Waals surface area contributed by atoms with E-state index in [0.717, 1.165) is 16.1 Å². The van der Waals surface area contributed by atoms with Crippen LogP contribution in [0.4, 0.5) is 0 Å². The maximum absolute atomic E-state index is 12.7. The second kappa shape index (κ2) is 9.95. The molecule has 2 aromatic carbocycles. The van der Waals surface area contributed by atoms with Crippen LogP contribution in [0.25, 0.3) is 16.6 Å². The Morgan fingerprint density at radius 3 is 2.44 bits per heavy atom. The first-order valence-electron chi connectivity index (χ1n) is 10.1. The van der Waals surface area contributed by atoms with E-state index in [2.05, 4.69) is 4.98 Å². The van der Waals surface area contributed by atoms with Crippen molar-refractivity contribution in [3.05, 3.63) is 81.7 Å². The second-order valence-corrected chi connectivity index (χ2v) is 10.4. The number of halogens is 1. The molecule has 0 unspecified atom stereocenters. The summed E-state index contributed by atoms with van der Waals surface area (Å²) in [6.07, 6.45) is 1.77. The number of rotatable bonds is 6. The van der Waals surface area contributed by atoms with Crippen molar-refractivity contribution in [2.24, 2.45) is 0 Å². The fraction of sp³-hybridized carbons (Fsp3) is 0.217. The number of thiazole rings is 1. The lowest BCUT2D eigenvalue weighted by molar-refractivity contribution is -0.131. The molecule has 0 radical (unpaired) electrons. The molecule has 0 atom stereocenters. The van der Waals surface area contributed by atoms with Crippen molar-refractivity contribution in [2.75, 3.05) is 26.2 Å². The van der Waals surface area contributed by atoms with Crippen LogP contribution in [0.5, 0.6) is 0 Å². The van der Waals surface area contributed by atoms with Gasteiger partial charge in [-0.3, -0.25) is 4.79 Å². The number of nitrogens with zero attached hydrogens (tertiary/aromatic N) is 3. The van der Waals surface area contributed by atoms with E-state index >= 15 is 0 Å². The van der Waals surface area contributed by atoms with E-state index in [1.54, 1.807) is 11.0 Å². The summed E-state index contributed by atoms with van der Waals surface area (Å²) in [6.45, 7) is 1.27. The predicted octanol–water partition coefficient (Wildman–Crippen LogP) is 4.15. The minimum atomic E-state index is -3.53. The minimum absolute atomic E-state index is 0.0575. The molecule has 0 saturated carbocycles. The van der Waals surface area contributed by atoms with Crippen LogP contribution in [0.3, 0.4) is 0 Å². The first kappa shape index (κ1) is 22.7. The zero-order chi connectivity index (χ0) is 22.6. The lowest BCUT2D eigenvalue weighted by atomic mass is 10.2. The van der Waals surface area contributed by atoms with E-state index in [1.165, 1.54) is 21.1 Å². The van der Waals surface area contributed by atoms with Crippen LogP contribution in [-0.2, 0) is 21.2 Å². The van der Waals surface area contributed by atoms with E-state index in [4.69, 9.17) is 11.6 Å². The average molecular weight is 488 g/mol. The summed E-state index contributed by atoms with van der Waals surface area (Å²) < 4.78 is 26.6. The molecule has 1 aliphatic heterocycles. The van der Waals surface area contributed by atoms with Crippen LogP contribution in [-0.4, -0.2) is 54.7 Å². The maximum Gasteiger partial charge on any atom is 0.236 e. The highest BCUT2D eigenvalue weighted by Gasteiger charge is 2.27. The Labute approximate surface area is 196 Å². The molecule has 0 aliphatic carbocycles. The van der Waals surface area contributed by atoms with Gasteiger partial charge in [0.05, 0.1) is 17.1 Å². The predicted molar refractivity (Wildman–Crippen MR) is 129 cm³/mol. The number of hydrogen-bond acceptors (Lipinski definition) is 5. The first-order chi connectivity index (χ1) is 15.4. The largest absolute Gasteiger partial charge is 0.340 e. The Hall–Kier alpha value is -2.52. The van der Waals surface area contributed by atoms with Gasteiger partial charge in [0.2, 0.25) is 15.9 Å². The topological polar surface area (TPSA) is 70.6 Å². The monoisotopic (exact) mass is 487 g/mol. The molecule has 1 fully saturated rings. The van der Waals surface area contributed by atoms with Crippen molar-refractivity contribution in [3.63, 3.8) is 0 Å². The summed E-state index contributed by atoms with van der Waals surface area (Å²) in [7, 11) is -3.53. The van der Waals surface area contributed by atoms with Crippen LogP contribution in [0, 0.1) is 0 Å². The molecular formula is C23H22ClN3O3S2. The van der Waals surface area contributed by atoms with Crippen molar-refractivity contribution in [3.8, 4) is 10.6 Å². The van der Waals surface area contributed by atoms with Gasteiger partial charge in [-0.05, 0) is 17.7 Å². The van der Waals surface area contributed by atoms with Gasteiger partial charge in [-0.25, -0.2) is 13.4 Å². The van der Waals surface area contributed by atoms with E-state index < -0.39 is 10.0 Å². The number of aromatic nitrogens is 1. The molecule has 6 nitrogen and oxygen atoms in total. The van der Waals surface area contributed by atoms with Gasteiger partial charge in [0, 0.05) is 42.5 Å². The number of sulfonamides is 1. The molecule has 32 heavy (non-hydrogen) atoms. The third-order valence-electron chi connectivity index (χ3n) is 5.17. The third-order valence-corrected chi connectivity index (χ3v) is 7.99. The molecule has 0 bridgehead atoms. The number of amides is 1. The Balaban J connectivity index is 1.33. The number of benzene rings is 2. The van der Waals surface area contributed by atoms with Gasteiger partial charge in [0.1, 0.15) is 5.01 Å². The highest BCUT2D eigenvalue weighted by Crippen LogP contribution is 2.30. The Morgan fingerprint density at radius 1 is 1.03 bits per heavy atom. The number of hydrogen-bond donors (Lipinski definition) is 0. The van der Waals surface area contributed by atoms with Crippen LogP contribution in [0.15, 0.2) is 65.4 Å². The fourth-order valence-electron chi connectivity index (χ4n) is 3.42. The third kappa shape index (κ3) is 5.45. The molecule has 0 N–H and O–H groups in total. The van der Waals surface area contributed by atoms with Gasteiger partial charge in [-0.15, -0.1) is 11.3 Å². The van der Waals surface area contributed by atoms with Gasteiger partial charge >= 0.3 is 0 Å². The number of carbonyl (C=O) groups is 1. The van der Waals surface area contributed by atoms with E-state index in [1.807, 2.05) is 60.0 Å². The lowest BCUT2D eigenvalue weighted by Crippen LogP contribution is -2.50. The van der Waals surface area contributed by atoms with Crippen LogP contribution < -0.4 is 0 Å². The van der Waals surface area contributed by atoms with Crippen LogP contribution in [0.1, 0.15) is 11.3 Å². The highest BCUT2D eigenvalue weighted by atomic mass is 35.5. The highest BCUT2D eigenvalue weighted by molar-refractivity contribution is 7.92. The summed E-state index contributed by atoms with van der Waals surface area (Å²) in [6, 6.07) is 16.8. The van der Waals surface area contributed by atoms with Crippen molar-refractivity contribution in [1.82, 2.24) is 14.2 Å². The maximum atomic E-state index is 12.7. The smallest absolute Gasteiger partial charge is 0.236 e. The molecule has 9 heteroatoms. The van der Waals surface area contributed by atoms with Crippen LogP contribution in [0.2, 0.25) is 5.02 Å². The second-order valence-electron chi connectivity index (χ2n) is 7.34.